The summed E-state index contributed by atoms with van der Waals surface area (Å²) >= 11 is 0. The average molecular weight is 339 g/mol. The van der Waals surface area contributed by atoms with Crippen molar-refractivity contribution in [2.45, 2.75) is 18.4 Å². The van der Waals surface area contributed by atoms with Gasteiger partial charge in [-0.2, -0.15) is 0 Å². The molecule has 0 saturated carbocycles. The number of nitrogens with one attached hydrogen (secondary N) is 1. The van der Waals surface area contributed by atoms with Crippen LogP contribution in [0.4, 0.5) is 0 Å². The van der Waals surface area contributed by atoms with Crippen molar-refractivity contribution in [3.63, 3.8) is 0 Å². The maximum absolute atomic E-state index is 12.4. The SMILES string of the molecule is Cc1ccnc(-c2ccc(S(=O)(=O)NCc3ccncc3)cc2)c1. The third-order valence-corrected chi connectivity index (χ3v) is 5.01. The number of aromatic nitrogens is 2. The first kappa shape index (κ1) is 16.3. The van der Waals surface area contributed by atoms with E-state index < -0.39 is 10.0 Å². The molecule has 0 amide bonds. The zero-order valence-electron chi connectivity index (χ0n) is 13.2. The van der Waals surface area contributed by atoms with E-state index in [1.807, 2.05) is 19.1 Å². The van der Waals surface area contributed by atoms with Crippen LogP contribution >= 0.6 is 0 Å². The molecule has 2 heterocycles. The molecule has 0 radical (unpaired) electrons. The summed E-state index contributed by atoms with van der Waals surface area (Å²) in [6.45, 7) is 2.22. The van der Waals surface area contributed by atoms with Gasteiger partial charge < -0.3 is 0 Å². The first-order valence-electron chi connectivity index (χ1n) is 7.46. The van der Waals surface area contributed by atoms with Crippen molar-refractivity contribution in [1.82, 2.24) is 14.7 Å². The topological polar surface area (TPSA) is 72.0 Å². The Balaban J connectivity index is 1.77. The predicted octanol–water partition coefficient (Wildman–Crippen LogP) is 2.93. The van der Waals surface area contributed by atoms with Gasteiger partial charge in [-0.05, 0) is 54.4 Å². The molecule has 0 saturated heterocycles. The smallest absolute Gasteiger partial charge is 0.240 e. The molecule has 0 aliphatic rings. The Morgan fingerprint density at radius 3 is 2.33 bits per heavy atom. The lowest BCUT2D eigenvalue weighted by molar-refractivity contribution is 0.581. The fourth-order valence-corrected chi connectivity index (χ4v) is 3.28. The molecule has 3 rings (SSSR count). The molecule has 0 aliphatic carbocycles. The number of nitrogens with zero attached hydrogens (tertiary/aromatic N) is 2. The zero-order chi connectivity index (χ0) is 17.0. The van der Waals surface area contributed by atoms with Crippen LogP contribution < -0.4 is 4.72 Å². The van der Waals surface area contributed by atoms with Crippen LogP contribution in [0, 0.1) is 6.92 Å². The second-order valence-corrected chi connectivity index (χ2v) is 7.19. The Kier molecular flexibility index (Phi) is 4.69. The van der Waals surface area contributed by atoms with E-state index in [2.05, 4.69) is 14.7 Å². The standard InChI is InChI=1S/C18H17N3O2S/c1-14-6-11-20-18(12-14)16-2-4-17(5-3-16)24(22,23)21-13-15-7-9-19-10-8-15/h2-12,21H,13H2,1H3. The Morgan fingerprint density at radius 2 is 1.67 bits per heavy atom. The molecule has 0 fully saturated rings. The zero-order valence-corrected chi connectivity index (χ0v) is 14.0. The summed E-state index contributed by atoms with van der Waals surface area (Å²) in [6.07, 6.45) is 5.01. The normalized spacial score (nSPS) is 11.4. The number of rotatable bonds is 5. The van der Waals surface area contributed by atoms with Gasteiger partial charge in [0.15, 0.2) is 0 Å². The Labute approximate surface area is 141 Å². The van der Waals surface area contributed by atoms with Crippen LogP contribution in [0.1, 0.15) is 11.1 Å². The predicted molar refractivity (Wildman–Crippen MR) is 92.7 cm³/mol. The van der Waals surface area contributed by atoms with Gasteiger partial charge in [-0.3, -0.25) is 9.97 Å². The molecule has 0 spiro atoms. The van der Waals surface area contributed by atoms with Gasteiger partial charge in [0.2, 0.25) is 10.0 Å². The number of sulfonamides is 1. The molecule has 122 valence electrons. The van der Waals surface area contributed by atoms with Crippen LogP contribution in [0.3, 0.4) is 0 Å². The van der Waals surface area contributed by atoms with Gasteiger partial charge in [0.05, 0.1) is 10.6 Å². The van der Waals surface area contributed by atoms with Crippen molar-refractivity contribution in [3.05, 3.63) is 78.2 Å². The minimum Gasteiger partial charge on any atom is -0.265 e. The van der Waals surface area contributed by atoms with Crippen molar-refractivity contribution < 1.29 is 8.42 Å². The fourth-order valence-electron chi connectivity index (χ4n) is 2.26. The number of hydrogen-bond donors (Lipinski definition) is 1. The third-order valence-electron chi connectivity index (χ3n) is 3.59. The molecule has 0 atom stereocenters. The molecule has 1 aromatic carbocycles. The molecule has 1 N–H and O–H groups in total. The van der Waals surface area contributed by atoms with E-state index in [4.69, 9.17) is 0 Å². The van der Waals surface area contributed by atoms with E-state index in [1.54, 1.807) is 55.0 Å². The number of pyridine rings is 2. The number of aryl methyl sites for hydroxylation is 1. The summed E-state index contributed by atoms with van der Waals surface area (Å²) in [4.78, 5) is 8.45. The van der Waals surface area contributed by atoms with E-state index in [-0.39, 0.29) is 11.4 Å². The highest BCUT2D eigenvalue weighted by Crippen LogP contribution is 2.20. The van der Waals surface area contributed by atoms with Gasteiger partial charge in [0, 0.05) is 30.7 Å². The van der Waals surface area contributed by atoms with Gasteiger partial charge in [-0.15, -0.1) is 0 Å². The second-order valence-electron chi connectivity index (χ2n) is 5.42. The molecular formula is C18H17N3O2S. The lowest BCUT2D eigenvalue weighted by Crippen LogP contribution is -2.23. The Bertz CT molecular complexity index is 924. The summed E-state index contributed by atoms with van der Waals surface area (Å²) in [5.74, 6) is 0. The number of hydrogen-bond acceptors (Lipinski definition) is 4. The van der Waals surface area contributed by atoms with E-state index in [0.29, 0.717) is 0 Å². The van der Waals surface area contributed by atoms with Crippen LogP contribution in [0.5, 0.6) is 0 Å². The van der Waals surface area contributed by atoms with Crippen molar-refractivity contribution >= 4 is 10.0 Å². The van der Waals surface area contributed by atoms with Crippen molar-refractivity contribution in [3.8, 4) is 11.3 Å². The van der Waals surface area contributed by atoms with Crippen LogP contribution in [-0.4, -0.2) is 18.4 Å². The molecule has 6 heteroatoms. The minimum absolute atomic E-state index is 0.228. The van der Waals surface area contributed by atoms with E-state index in [1.165, 1.54) is 0 Å². The first-order chi connectivity index (χ1) is 11.5. The summed E-state index contributed by atoms with van der Waals surface area (Å²) in [7, 11) is -3.56. The third kappa shape index (κ3) is 3.84. The Hall–Kier alpha value is -2.57. The van der Waals surface area contributed by atoms with E-state index in [9.17, 15) is 8.42 Å². The van der Waals surface area contributed by atoms with E-state index >= 15 is 0 Å². The fraction of sp³-hybridized carbons (Fsp3) is 0.111. The highest BCUT2D eigenvalue weighted by molar-refractivity contribution is 7.89. The van der Waals surface area contributed by atoms with Gasteiger partial charge >= 0.3 is 0 Å². The van der Waals surface area contributed by atoms with Crippen molar-refractivity contribution in [2.75, 3.05) is 0 Å². The lowest BCUT2D eigenvalue weighted by atomic mass is 10.1. The lowest BCUT2D eigenvalue weighted by Gasteiger charge is -2.08. The maximum Gasteiger partial charge on any atom is 0.240 e. The molecule has 2 aromatic heterocycles. The average Bonchev–Trinajstić information content (AvgIpc) is 2.61. The summed E-state index contributed by atoms with van der Waals surface area (Å²) in [5, 5.41) is 0. The van der Waals surface area contributed by atoms with Crippen molar-refractivity contribution in [2.24, 2.45) is 0 Å². The number of benzene rings is 1. The van der Waals surface area contributed by atoms with Crippen LogP contribution in [0.2, 0.25) is 0 Å². The van der Waals surface area contributed by atoms with Crippen LogP contribution in [0.25, 0.3) is 11.3 Å². The first-order valence-corrected chi connectivity index (χ1v) is 8.94. The Morgan fingerprint density at radius 1 is 0.958 bits per heavy atom. The summed E-state index contributed by atoms with van der Waals surface area (Å²) in [6, 6.07) is 14.1. The molecular weight excluding hydrogens is 322 g/mol. The van der Waals surface area contributed by atoms with E-state index in [0.717, 1.165) is 22.4 Å². The highest BCUT2D eigenvalue weighted by Gasteiger charge is 2.13. The minimum atomic E-state index is -3.56. The molecule has 0 unspecified atom stereocenters. The molecule has 0 bridgehead atoms. The van der Waals surface area contributed by atoms with Gasteiger partial charge in [-0.1, -0.05) is 12.1 Å². The quantitative estimate of drug-likeness (QED) is 0.776. The molecule has 5 nitrogen and oxygen atoms in total. The van der Waals surface area contributed by atoms with Gasteiger partial charge in [-0.25, -0.2) is 13.1 Å². The summed E-state index contributed by atoms with van der Waals surface area (Å²) in [5.41, 5.74) is 3.67. The van der Waals surface area contributed by atoms with Crippen molar-refractivity contribution in [1.29, 1.82) is 0 Å². The maximum atomic E-state index is 12.4. The van der Waals surface area contributed by atoms with Crippen LogP contribution in [0.15, 0.2) is 72.0 Å². The van der Waals surface area contributed by atoms with Gasteiger partial charge in [0.1, 0.15) is 0 Å². The highest BCUT2D eigenvalue weighted by atomic mass is 32.2. The molecule has 3 aromatic rings. The molecule has 0 aliphatic heterocycles. The van der Waals surface area contributed by atoms with Gasteiger partial charge in [0.25, 0.3) is 0 Å². The largest absolute Gasteiger partial charge is 0.265 e. The molecule has 24 heavy (non-hydrogen) atoms. The van der Waals surface area contributed by atoms with Crippen LogP contribution in [-0.2, 0) is 16.6 Å². The monoisotopic (exact) mass is 339 g/mol. The second kappa shape index (κ2) is 6.90. The summed E-state index contributed by atoms with van der Waals surface area (Å²) < 4.78 is 27.3.